The quantitative estimate of drug-likeness (QED) is 0.865. The molecule has 1 aromatic rings. The summed E-state index contributed by atoms with van der Waals surface area (Å²) in [6.45, 7) is 5.99. The van der Waals surface area contributed by atoms with Gasteiger partial charge < -0.3 is 10.5 Å². The van der Waals surface area contributed by atoms with Crippen molar-refractivity contribution in [3.63, 3.8) is 0 Å². The van der Waals surface area contributed by atoms with Crippen molar-refractivity contribution in [2.45, 2.75) is 26.2 Å². The molecule has 0 radical (unpaired) electrons. The molecule has 0 aliphatic carbocycles. The molecule has 1 aliphatic rings. The second kappa shape index (κ2) is 5.87. The zero-order chi connectivity index (χ0) is 12.1. The standard InChI is InChI=1S/C13H21N3O/c1-11-5-6-15-13(12(11)14)17-10-9-16-7-3-2-4-8-16/h5-6H,2-4,7-10,14H2,1H3. The smallest absolute Gasteiger partial charge is 0.237 e. The van der Waals surface area contributed by atoms with Gasteiger partial charge in [-0.1, -0.05) is 6.42 Å². The molecule has 94 valence electrons. The highest BCUT2D eigenvalue weighted by molar-refractivity contribution is 5.53. The first-order valence-electron chi connectivity index (χ1n) is 6.33. The van der Waals surface area contributed by atoms with Crippen LogP contribution in [0.3, 0.4) is 0 Å². The lowest BCUT2D eigenvalue weighted by Gasteiger charge is -2.26. The monoisotopic (exact) mass is 235 g/mol. The second-order valence-corrected chi connectivity index (χ2v) is 4.60. The summed E-state index contributed by atoms with van der Waals surface area (Å²) in [4.78, 5) is 6.60. The lowest BCUT2D eigenvalue weighted by atomic mass is 10.1. The van der Waals surface area contributed by atoms with E-state index in [-0.39, 0.29) is 0 Å². The normalized spacial score (nSPS) is 17.0. The molecular weight excluding hydrogens is 214 g/mol. The largest absolute Gasteiger partial charge is 0.475 e. The molecule has 2 heterocycles. The highest BCUT2D eigenvalue weighted by Gasteiger charge is 2.10. The minimum atomic E-state index is 0.571. The average molecular weight is 235 g/mol. The van der Waals surface area contributed by atoms with E-state index in [1.807, 2.05) is 13.0 Å². The van der Waals surface area contributed by atoms with Gasteiger partial charge in [0.05, 0.1) is 5.69 Å². The van der Waals surface area contributed by atoms with E-state index in [1.54, 1.807) is 6.20 Å². The third-order valence-corrected chi connectivity index (χ3v) is 3.27. The minimum absolute atomic E-state index is 0.571. The number of nitrogen functional groups attached to an aromatic ring is 1. The fourth-order valence-electron chi connectivity index (χ4n) is 2.11. The molecule has 0 aromatic carbocycles. The van der Waals surface area contributed by atoms with Gasteiger partial charge in [0.2, 0.25) is 5.88 Å². The van der Waals surface area contributed by atoms with Crippen molar-refractivity contribution in [3.8, 4) is 5.88 Å². The Morgan fingerprint density at radius 2 is 2.12 bits per heavy atom. The van der Waals surface area contributed by atoms with Crippen molar-refractivity contribution < 1.29 is 4.74 Å². The molecule has 0 saturated carbocycles. The molecule has 4 nitrogen and oxygen atoms in total. The third kappa shape index (κ3) is 3.33. The highest BCUT2D eigenvalue weighted by Crippen LogP contribution is 2.21. The van der Waals surface area contributed by atoms with E-state index in [0.717, 1.165) is 12.1 Å². The van der Waals surface area contributed by atoms with Crippen LogP contribution >= 0.6 is 0 Å². The first kappa shape index (κ1) is 12.2. The first-order valence-corrected chi connectivity index (χ1v) is 6.33. The highest BCUT2D eigenvalue weighted by atomic mass is 16.5. The van der Waals surface area contributed by atoms with Crippen LogP contribution in [0.5, 0.6) is 5.88 Å². The van der Waals surface area contributed by atoms with Gasteiger partial charge in [-0.25, -0.2) is 4.98 Å². The van der Waals surface area contributed by atoms with E-state index >= 15 is 0 Å². The number of ether oxygens (including phenoxy) is 1. The van der Waals surface area contributed by atoms with Crippen LogP contribution in [0.1, 0.15) is 24.8 Å². The number of hydrogen-bond acceptors (Lipinski definition) is 4. The second-order valence-electron chi connectivity index (χ2n) is 4.60. The number of aromatic nitrogens is 1. The van der Waals surface area contributed by atoms with Crippen LogP contribution in [0.2, 0.25) is 0 Å². The van der Waals surface area contributed by atoms with Gasteiger partial charge in [-0.05, 0) is 44.5 Å². The number of piperidine rings is 1. The van der Waals surface area contributed by atoms with Crippen LogP contribution in [-0.2, 0) is 0 Å². The summed E-state index contributed by atoms with van der Waals surface area (Å²) < 4.78 is 5.64. The Hall–Kier alpha value is -1.29. The molecule has 1 aliphatic heterocycles. The molecule has 1 fully saturated rings. The predicted molar refractivity (Wildman–Crippen MR) is 69.2 cm³/mol. The zero-order valence-corrected chi connectivity index (χ0v) is 10.5. The molecule has 2 N–H and O–H groups in total. The number of likely N-dealkylation sites (tertiary alicyclic amines) is 1. The van der Waals surface area contributed by atoms with E-state index in [4.69, 9.17) is 10.5 Å². The fourth-order valence-corrected chi connectivity index (χ4v) is 2.11. The van der Waals surface area contributed by atoms with Gasteiger partial charge in [0, 0.05) is 12.7 Å². The summed E-state index contributed by atoms with van der Waals surface area (Å²) in [6, 6.07) is 1.90. The van der Waals surface area contributed by atoms with Crippen molar-refractivity contribution in [1.82, 2.24) is 9.88 Å². The van der Waals surface area contributed by atoms with Gasteiger partial charge in [-0.3, -0.25) is 4.90 Å². The number of rotatable bonds is 4. The third-order valence-electron chi connectivity index (χ3n) is 3.27. The molecular formula is C13H21N3O. The molecule has 2 rings (SSSR count). The zero-order valence-electron chi connectivity index (χ0n) is 10.5. The molecule has 0 bridgehead atoms. The Labute approximate surface area is 103 Å². The summed E-state index contributed by atoms with van der Waals surface area (Å²) in [5.74, 6) is 0.571. The Balaban J connectivity index is 1.79. The van der Waals surface area contributed by atoms with Crippen molar-refractivity contribution in [2.24, 2.45) is 0 Å². The maximum absolute atomic E-state index is 5.90. The van der Waals surface area contributed by atoms with Gasteiger partial charge >= 0.3 is 0 Å². The molecule has 0 unspecified atom stereocenters. The first-order chi connectivity index (χ1) is 8.27. The Bertz CT molecular complexity index is 362. The van der Waals surface area contributed by atoms with E-state index in [9.17, 15) is 0 Å². The number of pyridine rings is 1. The fraction of sp³-hybridized carbons (Fsp3) is 0.615. The van der Waals surface area contributed by atoms with Crippen LogP contribution in [0.25, 0.3) is 0 Å². The molecule has 1 saturated heterocycles. The van der Waals surface area contributed by atoms with E-state index in [0.29, 0.717) is 18.2 Å². The Morgan fingerprint density at radius 1 is 1.35 bits per heavy atom. The molecule has 1 aromatic heterocycles. The number of nitrogens with zero attached hydrogens (tertiary/aromatic N) is 2. The predicted octanol–water partition coefficient (Wildman–Crippen LogP) is 1.84. The van der Waals surface area contributed by atoms with E-state index < -0.39 is 0 Å². The van der Waals surface area contributed by atoms with Gasteiger partial charge in [0.15, 0.2) is 0 Å². The van der Waals surface area contributed by atoms with E-state index in [2.05, 4.69) is 9.88 Å². The molecule has 4 heteroatoms. The van der Waals surface area contributed by atoms with Crippen molar-refractivity contribution >= 4 is 5.69 Å². The maximum Gasteiger partial charge on any atom is 0.237 e. The molecule has 17 heavy (non-hydrogen) atoms. The Kier molecular flexibility index (Phi) is 4.20. The number of anilines is 1. The molecule has 0 amide bonds. The van der Waals surface area contributed by atoms with Crippen molar-refractivity contribution in [3.05, 3.63) is 17.8 Å². The van der Waals surface area contributed by atoms with Crippen LogP contribution < -0.4 is 10.5 Å². The summed E-state index contributed by atoms with van der Waals surface area (Å²) in [5, 5.41) is 0. The van der Waals surface area contributed by atoms with E-state index in [1.165, 1.54) is 32.4 Å². The van der Waals surface area contributed by atoms with Crippen molar-refractivity contribution in [1.29, 1.82) is 0 Å². The average Bonchev–Trinajstić information content (AvgIpc) is 2.36. The van der Waals surface area contributed by atoms with Crippen LogP contribution in [0.4, 0.5) is 5.69 Å². The molecule has 0 atom stereocenters. The summed E-state index contributed by atoms with van der Waals surface area (Å²) in [5.41, 5.74) is 7.58. The number of aryl methyl sites for hydroxylation is 1. The van der Waals surface area contributed by atoms with Crippen LogP contribution in [0.15, 0.2) is 12.3 Å². The SMILES string of the molecule is Cc1ccnc(OCCN2CCCCC2)c1N. The number of hydrogen-bond donors (Lipinski definition) is 1. The van der Waals surface area contributed by atoms with Crippen LogP contribution in [0, 0.1) is 6.92 Å². The van der Waals surface area contributed by atoms with Gasteiger partial charge in [0.25, 0.3) is 0 Å². The molecule has 0 spiro atoms. The van der Waals surface area contributed by atoms with Crippen LogP contribution in [-0.4, -0.2) is 36.1 Å². The lowest BCUT2D eigenvalue weighted by molar-refractivity contribution is 0.181. The number of nitrogens with two attached hydrogens (primary N) is 1. The van der Waals surface area contributed by atoms with Gasteiger partial charge in [-0.15, -0.1) is 0 Å². The summed E-state index contributed by atoms with van der Waals surface area (Å²) in [7, 11) is 0. The maximum atomic E-state index is 5.90. The topological polar surface area (TPSA) is 51.4 Å². The summed E-state index contributed by atoms with van der Waals surface area (Å²) >= 11 is 0. The van der Waals surface area contributed by atoms with Gasteiger partial charge in [-0.2, -0.15) is 0 Å². The minimum Gasteiger partial charge on any atom is -0.475 e. The van der Waals surface area contributed by atoms with Gasteiger partial charge in [0.1, 0.15) is 6.61 Å². The van der Waals surface area contributed by atoms with Crippen molar-refractivity contribution in [2.75, 3.05) is 32.0 Å². The Morgan fingerprint density at radius 3 is 2.88 bits per heavy atom. The lowest BCUT2D eigenvalue weighted by Crippen LogP contribution is -2.33. The summed E-state index contributed by atoms with van der Waals surface area (Å²) in [6.07, 6.45) is 5.72.